The molecule has 0 saturated carbocycles. The Morgan fingerprint density at radius 3 is 2.44 bits per heavy atom. The number of hydrogen-bond donors (Lipinski definition) is 1. The Labute approximate surface area is 109 Å². The Morgan fingerprint density at radius 2 is 1.89 bits per heavy atom. The minimum absolute atomic E-state index is 0.210. The third-order valence-corrected chi connectivity index (χ3v) is 3.68. The van der Waals surface area contributed by atoms with Gasteiger partial charge in [-0.15, -0.1) is 0 Å². The summed E-state index contributed by atoms with van der Waals surface area (Å²) in [7, 11) is 0. The second-order valence-corrected chi connectivity index (χ2v) is 5.10. The number of rotatable bonds is 4. The molecule has 1 N–H and O–H groups in total. The van der Waals surface area contributed by atoms with Crippen molar-refractivity contribution < 1.29 is 9.53 Å². The highest BCUT2D eigenvalue weighted by Gasteiger charge is 2.34. The Kier molecular flexibility index (Phi) is 4.02. The van der Waals surface area contributed by atoms with Gasteiger partial charge in [-0.1, -0.05) is 6.92 Å². The molecule has 0 atom stereocenters. The minimum Gasteiger partial charge on any atom is -0.494 e. The lowest BCUT2D eigenvalue weighted by molar-refractivity contribution is 0.0762. The van der Waals surface area contributed by atoms with Gasteiger partial charge in [-0.25, -0.2) is 0 Å². The predicted octanol–water partition coefficient (Wildman–Crippen LogP) is 2.66. The van der Waals surface area contributed by atoms with Crippen LogP contribution >= 0.6 is 0 Å². The molecule has 0 radical (unpaired) electrons. The molecule has 98 valence electrons. The maximum absolute atomic E-state index is 12.5. The van der Waals surface area contributed by atoms with Crippen molar-refractivity contribution in [3.8, 4) is 5.75 Å². The normalized spacial score (nSPS) is 18.3. The molecule has 18 heavy (non-hydrogen) atoms. The summed E-state index contributed by atoms with van der Waals surface area (Å²) in [6.45, 7) is 6.54. The molecule has 3 nitrogen and oxygen atoms in total. The van der Waals surface area contributed by atoms with E-state index < -0.39 is 0 Å². The van der Waals surface area contributed by atoms with Crippen LogP contribution < -0.4 is 10.1 Å². The number of nitrogens with one attached hydrogen (secondary N) is 1. The zero-order valence-corrected chi connectivity index (χ0v) is 11.2. The maximum atomic E-state index is 12.5. The first kappa shape index (κ1) is 13.1. The molecule has 0 aromatic heterocycles. The van der Waals surface area contributed by atoms with E-state index in [1.54, 1.807) is 0 Å². The van der Waals surface area contributed by atoms with Gasteiger partial charge in [0.2, 0.25) is 0 Å². The molecule has 3 heteroatoms. The average Bonchev–Trinajstić information content (AvgIpc) is 2.40. The zero-order valence-electron chi connectivity index (χ0n) is 11.2. The van der Waals surface area contributed by atoms with Crippen LogP contribution in [0.25, 0.3) is 0 Å². The fraction of sp³-hybridized carbons (Fsp3) is 0.533. The average molecular weight is 247 g/mol. The number of ether oxygens (including phenoxy) is 1. The third kappa shape index (κ3) is 2.72. The lowest BCUT2D eigenvalue weighted by Crippen LogP contribution is -2.40. The van der Waals surface area contributed by atoms with Crippen LogP contribution in [0.15, 0.2) is 24.3 Å². The first-order valence-corrected chi connectivity index (χ1v) is 6.64. The van der Waals surface area contributed by atoms with Crippen molar-refractivity contribution in [2.75, 3.05) is 19.7 Å². The summed E-state index contributed by atoms with van der Waals surface area (Å²) in [6.07, 6.45) is 1.83. The van der Waals surface area contributed by atoms with E-state index in [-0.39, 0.29) is 11.2 Å². The van der Waals surface area contributed by atoms with Crippen LogP contribution in [0, 0.1) is 5.41 Å². The van der Waals surface area contributed by atoms with Gasteiger partial charge >= 0.3 is 0 Å². The van der Waals surface area contributed by atoms with Crippen molar-refractivity contribution in [1.29, 1.82) is 0 Å². The Hall–Kier alpha value is -1.35. The van der Waals surface area contributed by atoms with E-state index in [1.165, 1.54) is 0 Å². The van der Waals surface area contributed by atoms with Crippen molar-refractivity contribution >= 4 is 5.78 Å². The second-order valence-electron chi connectivity index (χ2n) is 5.10. The number of carbonyl (C=O) groups excluding carboxylic acids is 1. The fourth-order valence-electron chi connectivity index (χ4n) is 2.42. The highest BCUT2D eigenvalue weighted by atomic mass is 16.5. The van der Waals surface area contributed by atoms with Crippen LogP contribution in [-0.4, -0.2) is 25.5 Å². The molecule has 1 heterocycles. The summed E-state index contributed by atoms with van der Waals surface area (Å²) >= 11 is 0. The molecule has 1 saturated heterocycles. The van der Waals surface area contributed by atoms with Gasteiger partial charge in [-0.3, -0.25) is 4.79 Å². The highest BCUT2D eigenvalue weighted by molar-refractivity contribution is 6.00. The van der Waals surface area contributed by atoms with Gasteiger partial charge in [0.05, 0.1) is 6.61 Å². The zero-order chi connectivity index (χ0) is 13.0. The molecule has 0 unspecified atom stereocenters. The summed E-state index contributed by atoms with van der Waals surface area (Å²) in [5.41, 5.74) is 0.584. The van der Waals surface area contributed by atoms with E-state index >= 15 is 0 Å². The fourth-order valence-corrected chi connectivity index (χ4v) is 2.42. The Balaban J connectivity index is 2.12. The molecule has 0 bridgehead atoms. The van der Waals surface area contributed by atoms with E-state index in [4.69, 9.17) is 4.74 Å². The quantitative estimate of drug-likeness (QED) is 0.831. The van der Waals surface area contributed by atoms with Crippen molar-refractivity contribution in [3.63, 3.8) is 0 Å². The summed E-state index contributed by atoms with van der Waals surface area (Å²) in [4.78, 5) is 12.5. The number of piperidine rings is 1. The molecule has 1 aromatic carbocycles. The number of benzene rings is 1. The van der Waals surface area contributed by atoms with Crippen LogP contribution in [0.2, 0.25) is 0 Å². The Bertz CT molecular complexity index is 405. The first-order chi connectivity index (χ1) is 8.65. The molecule has 1 fully saturated rings. The second kappa shape index (κ2) is 5.53. The van der Waals surface area contributed by atoms with Crippen LogP contribution in [-0.2, 0) is 0 Å². The molecule has 1 aromatic rings. The van der Waals surface area contributed by atoms with Crippen molar-refractivity contribution in [3.05, 3.63) is 29.8 Å². The molecule has 0 aliphatic carbocycles. The molecule has 0 spiro atoms. The third-order valence-electron chi connectivity index (χ3n) is 3.68. The lowest BCUT2D eigenvalue weighted by Gasteiger charge is -2.32. The summed E-state index contributed by atoms with van der Waals surface area (Å²) in [5.74, 6) is 1.08. The van der Waals surface area contributed by atoms with E-state index in [1.807, 2.05) is 31.2 Å². The smallest absolute Gasteiger partial charge is 0.168 e. The molecular weight excluding hydrogens is 226 g/mol. The largest absolute Gasteiger partial charge is 0.494 e. The van der Waals surface area contributed by atoms with Gasteiger partial charge in [0, 0.05) is 11.0 Å². The van der Waals surface area contributed by atoms with Gasteiger partial charge in [0.15, 0.2) is 5.78 Å². The van der Waals surface area contributed by atoms with Crippen LogP contribution in [0.5, 0.6) is 5.75 Å². The summed E-state index contributed by atoms with van der Waals surface area (Å²) < 4.78 is 5.39. The van der Waals surface area contributed by atoms with Crippen molar-refractivity contribution in [1.82, 2.24) is 5.32 Å². The molecule has 2 rings (SSSR count). The molecule has 0 amide bonds. The molecule has 1 aliphatic rings. The van der Waals surface area contributed by atoms with E-state index in [2.05, 4.69) is 12.2 Å². The standard InChI is InChI=1S/C15H21NO2/c1-3-18-13-6-4-12(5-7-13)14(17)15(2)8-10-16-11-9-15/h4-7,16H,3,8-11H2,1-2H3. The van der Waals surface area contributed by atoms with Crippen molar-refractivity contribution in [2.45, 2.75) is 26.7 Å². The van der Waals surface area contributed by atoms with Gasteiger partial charge in [0.1, 0.15) is 5.75 Å². The van der Waals surface area contributed by atoms with Gasteiger partial charge in [-0.05, 0) is 57.1 Å². The lowest BCUT2D eigenvalue weighted by atomic mass is 9.75. The number of Topliss-reactive ketones (excluding diaryl/α,β-unsaturated/α-hetero) is 1. The summed E-state index contributed by atoms with van der Waals surface area (Å²) in [5, 5.41) is 3.30. The first-order valence-electron chi connectivity index (χ1n) is 6.64. The van der Waals surface area contributed by atoms with E-state index in [0.717, 1.165) is 37.2 Å². The predicted molar refractivity (Wildman–Crippen MR) is 72.2 cm³/mol. The van der Waals surface area contributed by atoms with Crippen LogP contribution in [0.3, 0.4) is 0 Å². The Morgan fingerprint density at radius 1 is 1.28 bits per heavy atom. The molecular formula is C15H21NO2. The number of hydrogen-bond acceptors (Lipinski definition) is 3. The summed E-state index contributed by atoms with van der Waals surface area (Å²) in [6, 6.07) is 7.50. The van der Waals surface area contributed by atoms with E-state index in [0.29, 0.717) is 6.61 Å². The van der Waals surface area contributed by atoms with E-state index in [9.17, 15) is 4.79 Å². The van der Waals surface area contributed by atoms with Crippen LogP contribution in [0.4, 0.5) is 0 Å². The maximum Gasteiger partial charge on any atom is 0.168 e. The number of ketones is 1. The van der Waals surface area contributed by atoms with Gasteiger partial charge in [-0.2, -0.15) is 0 Å². The number of carbonyl (C=O) groups is 1. The monoisotopic (exact) mass is 247 g/mol. The van der Waals surface area contributed by atoms with Crippen molar-refractivity contribution in [2.24, 2.45) is 5.41 Å². The van der Waals surface area contributed by atoms with Gasteiger partial charge in [0.25, 0.3) is 0 Å². The molecule has 1 aliphatic heterocycles. The minimum atomic E-state index is -0.210. The highest BCUT2D eigenvalue weighted by Crippen LogP contribution is 2.32. The van der Waals surface area contributed by atoms with Gasteiger partial charge < -0.3 is 10.1 Å². The SMILES string of the molecule is CCOc1ccc(C(=O)C2(C)CCNCC2)cc1. The topological polar surface area (TPSA) is 38.3 Å². The van der Waals surface area contributed by atoms with Crippen LogP contribution in [0.1, 0.15) is 37.0 Å².